The Hall–Kier alpha value is -1.30. The van der Waals surface area contributed by atoms with Crippen molar-refractivity contribution in [2.75, 3.05) is 13.2 Å². The van der Waals surface area contributed by atoms with Gasteiger partial charge in [0.25, 0.3) is 5.91 Å². The predicted octanol–water partition coefficient (Wildman–Crippen LogP) is 2.46. The van der Waals surface area contributed by atoms with E-state index in [4.69, 9.17) is 21.1 Å². The van der Waals surface area contributed by atoms with Gasteiger partial charge in [0.1, 0.15) is 5.75 Å². The second-order valence-electron chi connectivity index (χ2n) is 5.52. The van der Waals surface area contributed by atoms with Gasteiger partial charge in [-0.05, 0) is 31.0 Å². The molecule has 0 atom stereocenters. The zero-order chi connectivity index (χ0) is 14.9. The summed E-state index contributed by atoms with van der Waals surface area (Å²) < 4.78 is 11.3. The fraction of sp³-hybridized carbons (Fsp3) is 0.533. The second-order valence-corrected chi connectivity index (χ2v) is 5.95. The van der Waals surface area contributed by atoms with Crippen LogP contribution < -0.4 is 5.32 Å². The van der Waals surface area contributed by atoms with Gasteiger partial charge in [-0.25, -0.2) is 0 Å². The first-order valence-electron chi connectivity index (χ1n) is 7.15. The van der Waals surface area contributed by atoms with Crippen LogP contribution in [0, 0.1) is 0 Å². The number of carbonyl (C=O) groups is 1. The lowest BCUT2D eigenvalue weighted by molar-refractivity contribution is -0.179. The lowest BCUT2D eigenvalue weighted by Crippen LogP contribution is -2.44. The average molecular weight is 312 g/mol. The van der Waals surface area contributed by atoms with Crippen LogP contribution in [0.3, 0.4) is 0 Å². The molecule has 1 aliphatic heterocycles. The van der Waals surface area contributed by atoms with Gasteiger partial charge in [-0.3, -0.25) is 4.79 Å². The monoisotopic (exact) mass is 311 g/mol. The molecule has 5 nitrogen and oxygen atoms in total. The minimum Gasteiger partial charge on any atom is -0.507 e. The summed E-state index contributed by atoms with van der Waals surface area (Å²) in [5.41, 5.74) is 0.205. The van der Waals surface area contributed by atoms with E-state index in [1.165, 1.54) is 12.1 Å². The van der Waals surface area contributed by atoms with Crippen molar-refractivity contribution in [3.05, 3.63) is 28.8 Å². The molecule has 0 aromatic heterocycles. The van der Waals surface area contributed by atoms with Crippen LogP contribution in [0.2, 0.25) is 5.02 Å². The number of benzene rings is 1. The van der Waals surface area contributed by atoms with Gasteiger partial charge in [-0.2, -0.15) is 0 Å². The van der Waals surface area contributed by atoms with Crippen LogP contribution in [-0.2, 0) is 9.47 Å². The quantitative estimate of drug-likeness (QED) is 0.880. The van der Waals surface area contributed by atoms with Gasteiger partial charge < -0.3 is 19.9 Å². The molecule has 1 aromatic rings. The molecule has 6 heteroatoms. The van der Waals surface area contributed by atoms with Crippen molar-refractivity contribution in [3.63, 3.8) is 0 Å². The summed E-state index contributed by atoms with van der Waals surface area (Å²) in [5, 5.41) is 13.1. The van der Waals surface area contributed by atoms with Crippen LogP contribution in [0.25, 0.3) is 0 Å². The molecule has 1 heterocycles. The van der Waals surface area contributed by atoms with Gasteiger partial charge in [0.05, 0.1) is 18.8 Å². The molecule has 2 aliphatic rings. The molecule has 1 saturated heterocycles. The Bertz CT molecular complexity index is 532. The standard InChI is InChI=1S/C15H18ClNO4/c16-10-1-2-13(18)12(9-10)14(19)17-11-3-5-15(6-4-11)20-7-8-21-15/h1-2,9,11,18H,3-8H2,(H,17,19). The van der Waals surface area contributed by atoms with Crippen LogP contribution in [0.5, 0.6) is 5.75 Å². The van der Waals surface area contributed by atoms with Crippen molar-refractivity contribution < 1.29 is 19.4 Å². The number of hydrogen-bond donors (Lipinski definition) is 2. The summed E-state index contributed by atoms with van der Waals surface area (Å²) in [6.45, 7) is 1.29. The summed E-state index contributed by atoms with van der Waals surface area (Å²) >= 11 is 5.86. The fourth-order valence-electron chi connectivity index (χ4n) is 2.94. The van der Waals surface area contributed by atoms with Crippen LogP contribution in [0.1, 0.15) is 36.0 Å². The van der Waals surface area contributed by atoms with Crippen LogP contribution >= 0.6 is 11.6 Å². The second kappa shape index (κ2) is 5.83. The van der Waals surface area contributed by atoms with E-state index in [1.54, 1.807) is 6.07 Å². The molecule has 1 spiro atoms. The molecule has 114 valence electrons. The number of carbonyl (C=O) groups excluding carboxylic acids is 1. The first-order chi connectivity index (χ1) is 10.1. The van der Waals surface area contributed by atoms with E-state index < -0.39 is 5.79 Å². The zero-order valence-electron chi connectivity index (χ0n) is 11.6. The number of hydrogen-bond acceptors (Lipinski definition) is 4. The van der Waals surface area contributed by atoms with E-state index in [-0.39, 0.29) is 23.3 Å². The minimum absolute atomic E-state index is 0.0633. The van der Waals surface area contributed by atoms with E-state index in [2.05, 4.69) is 5.32 Å². The van der Waals surface area contributed by atoms with E-state index in [0.717, 1.165) is 25.7 Å². The summed E-state index contributed by atoms with van der Waals surface area (Å²) in [6.07, 6.45) is 3.15. The number of aromatic hydroxyl groups is 1. The summed E-state index contributed by atoms with van der Waals surface area (Å²) in [7, 11) is 0. The number of nitrogens with one attached hydrogen (secondary N) is 1. The first kappa shape index (κ1) is 14.6. The Morgan fingerprint density at radius 3 is 2.62 bits per heavy atom. The zero-order valence-corrected chi connectivity index (χ0v) is 12.4. The van der Waals surface area contributed by atoms with Crippen LogP contribution in [-0.4, -0.2) is 36.1 Å². The molecule has 2 fully saturated rings. The van der Waals surface area contributed by atoms with Crippen molar-refractivity contribution >= 4 is 17.5 Å². The third kappa shape index (κ3) is 3.15. The van der Waals surface area contributed by atoms with Crippen molar-refractivity contribution in [2.24, 2.45) is 0 Å². The number of amides is 1. The Morgan fingerprint density at radius 2 is 1.95 bits per heavy atom. The Labute approximate surface area is 128 Å². The van der Waals surface area contributed by atoms with Crippen molar-refractivity contribution in [1.82, 2.24) is 5.32 Å². The van der Waals surface area contributed by atoms with Crippen LogP contribution in [0.4, 0.5) is 0 Å². The number of phenolic OH excluding ortho intramolecular Hbond substituents is 1. The maximum Gasteiger partial charge on any atom is 0.255 e. The lowest BCUT2D eigenvalue weighted by atomic mass is 9.90. The van der Waals surface area contributed by atoms with Crippen molar-refractivity contribution in [1.29, 1.82) is 0 Å². The smallest absolute Gasteiger partial charge is 0.255 e. The van der Waals surface area contributed by atoms with E-state index in [1.807, 2.05) is 0 Å². The highest BCUT2D eigenvalue weighted by Crippen LogP contribution is 2.35. The first-order valence-corrected chi connectivity index (χ1v) is 7.53. The number of halogens is 1. The molecule has 0 unspecified atom stereocenters. The third-order valence-electron chi connectivity index (χ3n) is 4.10. The number of rotatable bonds is 2. The summed E-state index contributed by atoms with van der Waals surface area (Å²) in [6, 6.07) is 4.51. The van der Waals surface area contributed by atoms with Crippen molar-refractivity contribution in [3.8, 4) is 5.75 Å². The maximum absolute atomic E-state index is 12.2. The van der Waals surface area contributed by atoms with Crippen LogP contribution in [0.15, 0.2) is 18.2 Å². The maximum atomic E-state index is 12.2. The summed E-state index contributed by atoms with van der Waals surface area (Å²) in [5.74, 6) is -0.796. The normalized spacial score (nSPS) is 21.6. The van der Waals surface area contributed by atoms with Gasteiger partial charge in [0.15, 0.2) is 5.79 Å². The third-order valence-corrected chi connectivity index (χ3v) is 4.33. The molecular formula is C15H18ClNO4. The highest BCUT2D eigenvalue weighted by atomic mass is 35.5. The molecule has 2 N–H and O–H groups in total. The molecule has 0 radical (unpaired) electrons. The highest BCUT2D eigenvalue weighted by Gasteiger charge is 2.40. The molecule has 0 bridgehead atoms. The molecule has 3 rings (SSSR count). The Balaban J connectivity index is 1.60. The molecular weight excluding hydrogens is 294 g/mol. The SMILES string of the molecule is O=C(NC1CCC2(CC1)OCCO2)c1cc(Cl)ccc1O. The molecule has 1 amide bonds. The summed E-state index contributed by atoms with van der Waals surface area (Å²) in [4.78, 5) is 12.2. The Kier molecular flexibility index (Phi) is 4.06. The van der Waals surface area contributed by atoms with Gasteiger partial charge in [0, 0.05) is 23.9 Å². The minimum atomic E-state index is -0.431. The average Bonchev–Trinajstić information content (AvgIpc) is 2.93. The van der Waals surface area contributed by atoms with E-state index in [9.17, 15) is 9.90 Å². The van der Waals surface area contributed by atoms with E-state index in [0.29, 0.717) is 18.2 Å². The highest BCUT2D eigenvalue weighted by molar-refractivity contribution is 6.31. The molecule has 1 aromatic carbocycles. The topological polar surface area (TPSA) is 67.8 Å². The van der Waals surface area contributed by atoms with Gasteiger partial charge in [0.2, 0.25) is 0 Å². The van der Waals surface area contributed by atoms with Gasteiger partial charge in [-0.1, -0.05) is 11.6 Å². The van der Waals surface area contributed by atoms with E-state index >= 15 is 0 Å². The van der Waals surface area contributed by atoms with Crippen molar-refractivity contribution in [2.45, 2.75) is 37.5 Å². The lowest BCUT2D eigenvalue weighted by Gasteiger charge is -2.35. The molecule has 21 heavy (non-hydrogen) atoms. The molecule has 1 saturated carbocycles. The molecule has 1 aliphatic carbocycles. The fourth-order valence-corrected chi connectivity index (χ4v) is 3.11. The predicted molar refractivity (Wildman–Crippen MR) is 77.5 cm³/mol. The Morgan fingerprint density at radius 1 is 1.29 bits per heavy atom. The number of ether oxygens (including phenoxy) is 2. The number of phenols is 1. The van der Waals surface area contributed by atoms with Gasteiger partial charge >= 0.3 is 0 Å². The van der Waals surface area contributed by atoms with Gasteiger partial charge in [-0.15, -0.1) is 0 Å². The largest absolute Gasteiger partial charge is 0.507 e.